The van der Waals surface area contributed by atoms with Crippen molar-refractivity contribution in [3.05, 3.63) is 58.6 Å². The summed E-state index contributed by atoms with van der Waals surface area (Å²) in [6.45, 7) is 1.42. The van der Waals surface area contributed by atoms with Crippen LogP contribution in [0.3, 0.4) is 0 Å². The highest BCUT2D eigenvalue weighted by Crippen LogP contribution is 2.27. The lowest BCUT2D eigenvalue weighted by atomic mass is 10.1. The van der Waals surface area contributed by atoms with Crippen LogP contribution < -0.4 is 4.74 Å². The Morgan fingerprint density at radius 1 is 1.21 bits per heavy atom. The van der Waals surface area contributed by atoms with Crippen LogP contribution in [-0.4, -0.2) is 10.9 Å². The fourth-order valence-corrected chi connectivity index (χ4v) is 1.99. The number of aliphatic hydroxyl groups excluding tert-OH is 1. The van der Waals surface area contributed by atoms with Gasteiger partial charge in [-0.1, -0.05) is 23.7 Å². The van der Waals surface area contributed by atoms with Crippen molar-refractivity contribution in [2.24, 2.45) is 0 Å². The maximum atomic E-state index is 11.3. The molecule has 0 spiro atoms. The van der Waals surface area contributed by atoms with Crippen molar-refractivity contribution in [1.82, 2.24) is 0 Å². The molecule has 0 amide bonds. The number of hydrogen-bond acceptors (Lipinski definition) is 3. The van der Waals surface area contributed by atoms with Crippen molar-refractivity contribution < 1.29 is 14.6 Å². The molecule has 0 heterocycles. The van der Waals surface area contributed by atoms with Crippen LogP contribution in [0.5, 0.6) is 11.5 Å². The summed E-state index contributed by atoms with van der Waals surface area (Å²) in [5.74, 6) is 1.07. The van der Waals surface area contributed by atoms with E-state index < -0.39 is 0 Å². The maximum Gasteiger partial charge on any atom is 0.161 e. The third kappa shape index (κ3) is 3.34. The highest BCUT2D eigenvalue weighted by molar-refractivity contribution is 6.34. The van der Waals surface area contributed by atoms with Crippen molar-refractivity contribution >= 4 is 17.4 Å². The molecular formula is C15H13ClO3. The number of ketones is 1. The van der Waals surface area contributed by atoms with Gasteiger partial charge in [-0.05, 0) is 36.8 Å². The summed E-state index contributed by atoms with van der Waals surface area (Å²) < 4.78 is 5.63. The average Bonchev–Trinajstić information content (AvgIpc) is 2.38. The summed E-state index contributed by atoms with van der Waals surface area (Å²) in [6, 6.07) is 12.1. The summed E-state index contributed by atoms with van der Waals surface area (Å²) in [7, 11) is 0. The molecule has 19 heavy (non-hydrogen) atoms. The zero-order chi connectivity index (χ0) is 13.8. The summed E-state index contributed by atoms with van der Waals surface area (Å²) in [5.41, 5.74) is 1.24. The first-order chi connectivity index (χ1) is 9.10. The number of Topliss-reactive ketones (excluding diaryl/α,β-unsaturated/α-hetero) is 1. The van der Waals surface area contributed by atoms with Crippen molar-refractivity contribution in [3.8, 4) is 11.5 Å². The lowest BCUT2D eigenvalue weighted by Gasteiger charge is -2.08. The molecule has 2 aromatic rings. The Kier molecular flexibility index (Phi) is 4.20. The molecule has 4 heteroatoms. The molecular weight excluding hydrogens is 264 g/mol. The van der Waals surface area contributed by atoms with E-state index in [-0.39, 0.29) is 12.4 Å². The molecule has 0 saturated carbocycles. The smallest absolute Gasteiger partial charge is 0.161 e. The molecule has 0 radical (unpaired) electrons. The van der Waals surface area contributed by atoms with Gasteiger partial charge in [0.1, 0.15) is 11.5 Å². The summed E-state index contributed by atoms with van der Waals surface area (Å²) in [4.78, 5) is 11.3. The van der Waals surface area contributed by atoms with E-state index in [0.717, 1.165) is 5.56 Å². The SMILES string of the molecule is CC(=O)c1ccc(Oc2cccc(CO)c2)cc1Cl. The third-order valence-corrected chi connectivity index (χ3v) is 2.95. The highest BCUT2D eigenvalue weighted by atomic mass is 35.5. The Hall–Kier alpha value is -1.84. The van der Waals surface area contributed by atoms with Crippen LogP contribution in [0.1, 0.15) is 22.8 Å². The van der Waals surface area contributed by atoms with Gasteiger partial charge in [0.15, 0.2) is 5.78 Å². The highest BCUT2D eigenvalue weighted by Gasteiger charge is 2.07. The molecule has 3 nitrogen and oxygen atoms in total. The van der Waals surface area contributed by atoms with Gasteiger partial charge in [0, 0.05) is 11.6 Å². The molecule has 0 fully saturated rings. The zero-order valence-corrected chi connectivity index (χ0v) is 11.1. The first-order valence-electron chi connectivity index (χ1n) is 5.78. The number of halogens is 1. The van der Waals surface area contributed by atoms with E-state index in [9.17, 15) is 4.79 Å². The van der Waals surface area contributed by atoms with Crippen LogP contribution in [0.15, 0.2) is 42.5 Å². The van der Waals surface area contributed by atoms with E-state index in [2.05, 4.69) is 0 Å². The Morgan fingerprint density at radius 3 is 2.58 bits per heavy atom. The minimum Gasteiger partial charge on any atom is -0.457 e. The van der Waals surface area contributed by atoms with Gasteiger partial charge < -0.3 is 9.84 Å². The van der Waals surface area contributed by atoms with Gasteiger partial charge >= 0.3 is 0 Å². The number of hydrogen-bond donors (Lipinski definition) is 1. The number of benzene rings is 2. The van der Waals surface area contributed by atoms with E-state index in [4.69, 9.17) is 21.4 Å². The van der Waals surface area contributed by atoms with Gasteiger partial charge in [0.25, 0.3) is 0 Å². The van der Waals surface area contributed by atoms with E-state index in [1.54, 1.807) is 42.5 Å². The van der Waals surface area contributed by atoms with Gasteiger partial charge in [0.2, 0.25) is 0 Å². The van der Waals surface area contributed by atoms with Gasteiger partial charge in [-0.3, -0.25) is 4.79 Å². The first-order valence-corrected chi connectivity index (χ1v) is 6.16. The molecule has 2 aromatic carbocycles. The summed E-state index contributed by atoms with van der Waals surface area (Å²) in [5, 5.41) is 9.42. The quantitative estimate of drug-likeness (QED) is 0.864. The predicted molar refractivity (Wildman–Crippen MR) is 73.9 cm³/mol. The molecule has 1 N–H and O–H groups in total. The average molecular weight is 277 g/mol. The lowest BCUT2D eigenvalue weighted by molar-refractivity contribution is 0.101. The minimum absolute atomic E-state index is 0.0404. The van der Waals surface area contributed by atoms with Crippen molar-refractivity contribution in [2.45, 2.75) is 13.5 Å². The number of carbonyl (C=O) groups excluding carboxylic acids is 1. The summed E-state index contributed by atoms with van der Waals surface area (Å²) >= 11 is 6.01. The van der Waals surface area contributed by atoms with E-state index in [0.29, 0.717) is 22.1 Å². The van der Waals surface area contributed by atoms with Gasteiger partial charge in [-0.2, -0.15) is 0 Å². The van der Waals surface area contributed by atoms with Crippen molar-refractivity contribution in [2.75, 3.05) is 0 Å². The van der Waals surface area contributed by atoms with Crippen LogP contribution in [0.2, 0.25) is 5.02 Å². The number of rotatable bonds is 4. The topological polar surface area (TPSA) is 46.5 Å². The molecule has 0 atom stereocenters. The molecule has 0 aliphatic carbocycles. The number of aliphatic hydroxyl groups is 1. The zero-order valence-electron chi connectivity index (χ0n) is 10.4. The second-order valence-electron chi connectivity index (χ2n) is 4.11. The lowest BCUT2D eigenvalue weighted by Crippen LogP contribution is -1.94. The standard InChI is InChI=1S/C15H13ClO3/c1-10(18)14-6-5-13(8-15(14)16)19-12-4-2-3-11(7-12)9-17/h2-8,17H,9H2,1H3. The molecule has 0 saturated heterocycles. The second-order valence-corrected chi connectivity index (χ2v) is 4.51. The normalized spacial score (nSPS) is 10.3. The fourth-order valence-electron chi connectivity index (χ4n) is 1.69. The van der Waals surface area contributed by atoms with Gasteiger partial charge in [-0.15, -0.1) is 0 Å². The number of ether oxygens (including phenoxy) is 1. The molecule has 0 aromatic heterocycles. The maximum absolute atomic E-state index is 11.3. The van der Waals surface area contributed by atoms with E-state index >= 15 is 0 Å². The fraction of sp³-hybridized carbons (Fsp3) is 0.133. The monoisotopic (exact) mass is 276 g/mol. The minimum atomic E-state index is -0.0844. The molecule has 98 valence electrons. The van der Waals surface area contributed by atoms with Crippen LogP contribution in [0.25, 0.3) is 0 Å². The first kappa shape index (κ1) is 13.6. The van der Waals surface area contributed by atoms with E-state index in [1.807, 2.05) is 0 Å². The van der Waals surface area contributed by atoms with E-state index in [1.165, 1.54) is 6.92 Å². The Bertz CT molecular complexity index is 608. The Morgan fingerprint density at radius 2 is 1.95 bits per heavy atom. The molecule has 0 bridgehead atoms. The summed E-state index contributed by atoms with van der Waals surface area (Å²) in [6.07, 6.45) is 0. The van der Waals surface area contributed by atoms with Gasteiger partial charge in [0.05, 0.1) is 11.6 Å². The predicted octanol–water partition coefficient (Wildman–Crippen LogP) is 3.83. The second kappa shape index (κ2) is 5.87. The van der Waals surface area contributed by atoms with Gasteiger partial charge in [-0.25, -0.2) is 0 Å². The molecule has 0 aliphatic heterocycles. The van der Waals surface area contributed by atoms with Crippen LogP contribution in [0.4, 0.5) is 0 Å². The molecule has 0 unspecified atom stereocenters. The van der Waals surface area contributed by atoms with Crippen molar-refractivity contribution in [3.63, 3.8) is 0 Å². The van der Waals surface area contributed by atoms with Crippen molar-refractivity contribution in [1.29, 1.82) is 0 Å². The van der Waals surface area contributed by atoms with Crippen LogP contribution in [0, 0.1) is 0 Å². The Balaban J connectivity index is 2.23. The van der Waals surface area contributed by atoms with Crippen LogP contribution in [-0.2, 0) is 6.61 Å². The van der Waals surface area contributed by atoms with Crippen LogP contribution >= 0.6 is 11.6 Å². The largest absolute Gasteiger partial charge is 0.457 e. The molecule has 0 aliphatic rings. The third-order valence-electron chi connectivity index (χ3n) is 2.64. The molecule has 2 rings (SSSR count). The number of carbonyl (C=O) groups is 1. The Labute approximate surface area is 116 Å².